The maximum Gasteiger partial charge on any atom is 0.264 e. The number of benzene rings is 1. The number of carbonyl (C=O) groups excluding carboxylic acids is 1. The van der Waals surface area contributed by atoms with Gasteiger partial charge in [0.2, 0.25) is 5.91 Å². The summed E-state index contributed by atoms with van der Waals surface area (Å²) in [5.41, 5.74) is 0.860. The SMILES string of the molecule is O=C(Cn1cnc2c(cnn2-c2ccc(Cl)cc2)c1=O)NC[C@@H]1CCCO1. The lowest BCUT2D eigenvalue weighted by Gasteiger charge is -2.11. The van der Waals surface area contributed by atoms with Crippen LogP contribution in [0.15, 0.2) is 41.6 Å². The summed E-state index contributed by atoms with van der Waals surface area (Å²) in [7, 11) is 0. The van der Waals surface area contributed by atoms with Gasteiger partial charge in [-0.15, -0.1) is 0 Å². The normalized spacial score (nSPS) is 16.7. The minimum atomic E-state index is -0.313. The van der Waals surface area contributed by atoms with Crippen LogP contribution in [0.3, 0.4) is 0 Å². The molecule has 3 heterocycles. The number of carbonyl (C=O) groups is 1. The molecule has 9 heteroatoms. The zero-order valence-electron chi connectivity index (χ0n) is 14.5. The maximum absolute atomic E-state index is 12.7. The number of aromatic nitrogens is 4. The molecule has 1 saturated heterocycles. The number of halogens is 1. The number of ether oxygens (including phenoxy) is 1. The summed E-state index contributed by atoms with van der Waals surface area (Å²) in [6, 6.07) is 7.06. The molecule has 0 aliphatic carbocycles. The molecule has 3 aromatic rings. The zero-order valence-corrected chi connectivity index (χ0v) is 15.2. The van der Waals surface area contributed by atoms with Crippen LogP contribution in [-0.4, -0.2) is 44.5 Å². The number of hydrogen-bond acceptors (Lipinski definition) is 5. The average Bonchev–Trinajstić information content (AvgIpc) is 3.33. The lowest BCUT2D eigenvalue weighted by atomic mass is 10.2. The third-order valence-electron chi connectivity index (χ3n) is 4.49. The molecular formula is C18H18ClN5O3. The summed E-state index contributed by atoms with van der Waals surface area (Å²) in [5, 5.41) is 8.00. The van der Waals surface area contributed by atoms with E-state index in [9.17, 15) is 9.59 Å². The Morgan fingerprint density at radius 2 is 2.15 bits per heavy atom. The van der Waals surface area contributed by atoms with Gasteiger partial charge in [0.1, 0.15) is 18.3 Å². The summed E-state index contributed by atoms with van der Waals surface area (Å²) in [4.78, 5) is 29.1. The van der Waals surface area contributed by atoms with Gasteiger partial charge in [0.25, 0.3) is 5.56 Å². The number of nitrogens with zero attached hydrogens (tertiary/aromatic N) is 4. The molecular weight excluding hydrogens is 370 g/mol. The highest BCUT2D eigenvalue weighted by atomic mass is 35.5. The molecule has 1 fully saturated rings. The molecule has 0 bridgehead atoms. The Kier molecular flexibility index (Phi) is 4.91. The summed E-state index contributed by atoms with van der Waals surface area (Å²) in [6.45, 7) is 1.09. The van der Waals surface area contributed by atoms with Gasteiger partial charge in [-0.25, -0.2) is 9.67 Å². The van der Waals surface area contributed by atoms with Gasteiger partial charge in [0.05, 0.1) is 18.0 Å². The highest BCUT2D eigenvalue weighted by Gasteiger charge is 2.17. The Hall–Kier alpha value is -2.71. The Balaban J connectivity index is 1.53. The molecule has 1 aromatic carbocycles. The number of nitrogens with one attached hydrogen (secondary N) is 1. The minimum Gasteiger partial charge on any atom is -0.376 e. The first kappa shape index (κ1) is 17.7. The van der Waals surface area contributed by atoms with Gasteiger partial charge in [-0.3, -0.25) is 14.2 Å². The molecule has 0 saturated carbocycles. The van der Waals surface area contributed by atoms with E-state index in [1.165, 1.54) is 17.1 Å². The van der Waals surface area contributed by atoms with E-state index >= 15 is 0 Å². The van der Waals surface area contributed by atoms with Crippen LogP contribution in [0.2, 0.25) is 5.02 Å². The van der Waals surface area contributed by atoms with Crippen molar-refractivity contribution in [2.45, 2.75) is 25.5 Å². The van der Waals surface area contributed by atoms with E-state index in [-0.39, 0.29) is 24.1 Å². The van der Waals surface area contributed by atoms with Gasteiger partial charge in [-0.1, -0.05) is 11.6 Å². The zero-order chi connectivity index (χ0) is 18.8. The third kappa shape index (κ3) is 3.72. The van der Waals surface area contributed by atoms with Crippen molar-refractivity contribution in [3.63, 3.8) is 0 Å². The van der Waals surface area contributed by atoms with Crippen LogP contribution in [0.1, 0.15) is 12.8 Å². The van der Waals surface area contributed by atoms with Crippen LogP contribution < -0.4 is 10.9 Å². The van der Waals surface area contributed by atoms with E-state index in [0.717, 1.165) is 25.1 Å². The first-order chi connectivity index (χ1) is 13.1. The first-order valence-electron chi connectivity index (χ1n) is 8.69. The molecule has 0 radical (unpaired) electrons. The van der Waals surface area contributed by atoms with Crippen LogP contribution in [0.25, 0.3) is 16.7 Å². The fourth-order valence-corrected chi connectivity index (χ4v) is 3.20. The fraction of sp³-hybridized carbons (Fsp3) is 0.333. The second kappa shape index (κ2) is 7.50. The van der Waals surface area contributed by atoms with E-state index in [4.69, 9.17) is 16.3 Å². The molecule has 8 nitrogen and oxygen atoms in total. The Morgan fingerprint density at radius 1 is 1.33 bits per heavy atom. The Morgan fingerprint density at radius 3 is 2.89 bits per heavy atom. The number of fused-ring (bicyclic) bond motifs is 1. The van der Waals surface area contributed by atoms with E-state index in [2.05, 4.69) is 15.4 Å². The molecule has 0 unspecified atom stereocenters. The monoisotopic (exact) mass is 387 g/mol. The Bertz CT molecular complexity index is 1020. The molecule has 0 spiro atoms. The molecule has 1 aliphatic heterocycles. The molecule has 27 heavy (non-hydrogen) atoms. The molecule has 1 amide bonds. The third-order valence-corrected chi connectivity index (χ3v) is 4.74. The predicted molar refractivity (Wildman–Crippen MR) is 100 cm³/mol. The van der Waals surface area contributed by atoms with Crippen LogP contribution in [0.4, 0.5) is 0 Å². The summed E-state index contributed by atoms with van der Waals surface area (Å²) < 4.78 is 8.32. The van der Waals surface area contributed by atoms with E-state index in [0.29, 0.717) is 22.6 Å². The van der Waals surface area contributed by atoms with Crippen molar-refractivity contribution in [1.82, 2.24) is 24.6 Å². The molecule has 140 valence electrons. The van der Waals surface area contributed by atoms with Gasteiger partial charge < -0.3 is 10.1 Å². The van der Waals surface area contributed by atoms with Gasteiger partial charge in [-0.2, -0.15) is 5.10 Å². The molecule has 1 N–H and O–H groups in total. The Labute approximate surface area is 159 Å². The summed E-state index contributed by atoms with van der Waals surface area (Å²) in [5.74, 6) is -0.251. The first-order valence-corrected chi connectivity index (χ1v) is 9.07. The van der Waals surface area contributed by atoms with Crippen molar-refractivity contribution in [3.8, 4) is 5.69 Å². The average molecular weight is 388 g/mol. The van der Waals surface area contributed by atoms with Gasteiger partial charge in [0, 0.05) is 18.2 Å². The minimum absolute atomic E-state index is 0.0592. The van der Waals surface area contributed by atoms with Crippen LogP contribution in [0, 0.1) is 0 Å². The van der Waals surface area contributed by atoms with Crippen molar-refractivity contribution in [1.29, 1.82) is 0 Å². The van der Waals surface area contributed by atoms with E-state index in [1.807, 2.05) is 0 Å². The summed E-state index contributed by atoms with van der Waals surface area (Å²) in [6.07, 6.45) is 4.84. The molecule has 1 atom stereocenters. The summed E-state index contributed by atoms with van der Waals surface area (Å²) >= 11 is 5.91. The van der Waals surface area contributed by atoms with Crippen LogP contribution in [-0.2, 0) is 16.1 Å². The highest BCUT2D eigenvalue weighted by Crippen LogP contribution is 2.16. The van der Waals surface area contributed by atoms with Crippen molar-refractivity contribution >= 4 is 28.5 Å². The van der Waals surface area contributed by atoms with Crippen molar-refractivity contribution in [2.24, 2.45) is 0 Å². The van der Waals surface area contributed by atoms with Gasteiger partial charge in [-0.05, 0) is 37.1 Å². The maximum atomic E-state index is 12.7. The number of amides is 1. The van der Waals surface area contributed by atoms with Crippen molar-refractivity contribution in [2.75, 3.05) is 13.2 Å². The standard InChI is InChI=1S/C18H18ClN5O3/c19-12-3-5-13(6-4-12)24-17-15(9-22-24)18(26)23(11-21-17)10-16(25)20-8-14-2-1-7-27-14/h3-6,9,11,14H,1-2,7-8,10H2,(H,20,25)/t14-/m0/s1. The second-order valence-electron chi connectivity index (χ2n) is 6.39. The molecule has 1 aliphatic rings. The lowest BCUT2D eigenvalue weighted by molar-refractivity contribution is -0.122. The van der Waals surface area contributed by atoms with Crippen LogP contribution in [0.5, 0.6) is 0 Å². The van der Waals surface area contributed by atoms with Gasteiger partial charge in [0.15, 0.2) is 5.65 Å². The molecule has 4 rings (SSSR count). The quantitative estimate of drug-likeness (QED) is 0.717. The lowest BCUT2D eigenvalue weighted by Crippen LogP contribution is -2.36. The smallest absolute Gasteiger partial charge is 0.264 e. The number of rotatable bonds is 5. The van der Waals surface area contributed by atoms with Crippen molar-refractivity contribution in [3.05, 3.63) is 52.2 Å². The predicted octanol–water partition coefficient (Wildman–Crippen LogP) is 1.53. The topological polar surface area (TPSA) is 91.0 Å². The van der Waals surface area contributed by atoms with E-state index < -0.39 is 0 Å². The van der Waals surface area contributed by atoms with Gasteiger partial charge >= 0.3 is 0 Å². The second-order valence-corrected chi connectivity index (χ2v) is 6.82. The molecule has 2 aromatic heterocycles. The largest absolute Gasteiger partial charge is 0.376 e. The number of hydrogen-bond donors (Lipinski definition) is 1. The van der Waals surface area contributed by atoms with Crippen LogP contribution >= 0.6 is 11.6 Å². The fourth-order valence-electron chi connectivity index (χ4n) is 3.08. The van der Waals surface area contributed by atoms with Crippen molar-refractivity contribution < 1.29 is 9.53 Å². The van der Waals surface area contributed by atoms with E-state index in [1.54, 1.807) is 28.9 Å². The highest BCUT2D eigenvalue weighted by molar-refractivity contribution is 6.30.